The van der Waals surface area contributed by atoms with E-state index in [1.54, 1.807) is 0 Å². The second-order valence-electron chi connectivity index (χ2n) is 4.18. The molecule has 2 aromatic rings. The Hall–Kier alpha value is -2.89. The van der Waals surface area contributed by atoms with Crippen molar-refractivity contribution in [3.8, 4) is 5.75 Å². The van der Waals surface area contributed by atoms with Crippen LogP contribution < -0.4 is 5.32 Å². The molecule has 0 spiro atoms. The van der Waals surface area contributed by atoms with Crippen LogP contribution in [0.5, 0.6) is 5.75 Å². The molecular formula is C15H12FNO4. The number of phenolic OH excluding ortho intramolecular Hbond substituents is 1. The van der Waals surface area contributed by atoms with Gasteiger partial charge in [0.1, 0.15) is 11.6 Å². The average Bonchev–Trinajstić information content (AvgIpc) is 2.48. The van der Waals surface area contributed by atoms with E-state index in [4.69, 9.17) is 9.84 Å². The molecule has 2 rings (SSSR count). The zero-order valence-electron chi connectivity index (χ0n) is 10.9. The van der Waals surface area contributed by atoms with Crippen molar-refractivity contribution in [2.45, 2.75) is 0 Å². The van der Waals surface area contributed by atoms with Crippen molar-refractivity contribution < 1.29 is 23.8 Å². The maximum atomic E-state index is 12.7. The molecule has 108 valence electrons. The van der Waals surface area contributed by atoms with Crippen molar-refractivity contribution in [3.05, 3.63) is 59.9 Å². The first-order chi connectivity index (χ1) is 10.0. The van der Waals surface area contributed by atoms with Gasteiger partial charge in [-0.05, 0) is 48.5 Å². The molecule has 0 atom stereocenters. The third-order valence-corrected chi connectivity index (χ3v) is 2.57. The molecule has 0 saturated heterocycles. The van der Waals surface area contributed by atoms with Crippen LogP contribution in [0.3, 0.4) is 0 Å². The number of hydrogen-bond donors (Lipinski definition) is 2. The number of carbonyl (C=O) groups excluding carboxylic acids is 2. The monoisotopic (exact) mass is 289 g/mol. The van der Waals surface area contributed by atoms with Crippen molar-refractivity contribution in [1.82, 2.24) is 0 Å². The topological polar surface area (TPSA) is 75.6 Å². The SMILES string of the molecule is O=C(COC(=O)c1ccc(O)cc1)Nc1ccc(F)cc1. The van der Waals surface area contributed by atoms with Gasteiger partial charge in [-0.25, -0.2) is 9.18 Å². The summed E-state index contributed by atoms with van der Waals surface area (Å²) in [6.07, 6.45) is 0. The molecule has 0 radical (unpaired) electrons. The minimum Gasteiger partial charge on any atom is -0.508 e. The lowest BCUT2D eigenvalue weighted by Crippen LogP contribution is -2.20. The molecule has 2 aromatic carbocycles. The zero-order chi connectivity index (χ0) is 15.2. The Bertz CT molecular complexity index is 638. The van der Waals surface area contributed by atoms with Gasteiger partial charge in [-0.2, -0.15) is 0 Å². The van der Waals surface area contributed by atoms with Crippen LogP contribution in [0.2, 0.25) is 0 Å². The van der Waals surface area contributed by atoms with Crippen LogP contribution in [0.1, 0.15) is 10.4 Å². The second-order valence-corrected chi connectivity index (χ2v) is 4.18. The van der Waals surface area contributed by atoms with Crippen LogP contribution in [0.15, 0.2) is 48.5 Å². The van der Waals surface area contributed by atoms with Gasteiger partial charge in [0.2, 0.25) is 0 Å². The Morgan fingerprint density at radius 3 is 2.29 bits per heavy atom. The summed E-state index contributed by atoms with van der Waals surface area (Å²) >= 11 is 0. The quantitative estimate of drug-likeness (QED) is 0.847. The van der Waals surface area contributed by atoms with E-state index in [2.05, 4.69) is 5.32 Å². The highest BCUT2D eigenvalue weighted by Crippen LogP contribution is 2.11. The molecule has 21 heavy (non-hydrogen) atoms. The molecule has 0 aliphatic rings. The highest BCUT2D eigenvalue weighted by molar-refractivity contribution is 5.95. The van der Waals surface area contributed by atoms with Gasteiger partial charge in [0.15, 0.2) is 6.61 Å². The molecule has 0 aromatic heterocycles. The summed E-state index contributed by atoms with van der Waals surface area (Å²) in [4.78, 5) is 23.2. The lowest BCUT2D eigenvalue weighted by Gasteiger charge is -2.06. The lowest BCUT2D eigenvalue weighted by molar-refractivity contribution is -0.119. The number of anilines is 1. The van der Waals surface area contributed by atoms with E-state index in [-0.39, 0.29) is 11.3 Å². The largest absolute Gasteiger partial charge is 0.508 e. The summed E-state index contributed by atoms with van der Waals surface area (Å²) in [5.74, 6) is -1.59. The molecule has 0 bridgehead atoms. The number of hydrogen-bond acceptors (Lipinski definition) is 4. The van der Waals surface area contributed by atoms with Gasteiger partial charge in [0.25, 0.3) is 5.91 Å². The third kappa shape index (κ3) is 4.31. The number of ether oxygens (including phenoxy) is 1. The predicted octanol–water partition coefficient (Wildman–Crippen LogP) is 2.33. The number of rotatable bonds is 4. The van der Waals surface area contributed by atoms with Crippen LogP contribution >= 0.6 is 0 Å². The molecule has 1 amide bonds. The van der Waals surface area contributed by atoms with E-state index in [0.29, 0.717) is 5.69 Å². The zero-order valence-corrected chi connectivity index (χ0v) is 10.9. The number of phenols is 1. The van der Waals surface area contributed by atoms with Crippen LogP contribution in [0.25, 0.3) is 0 Å². The molecule has 5 nitrogen and oxygen atoms in total. The van der Waals surface area contributed by atoms with Gasteiger partial charge in [0, 0.05) is 5.69 Å². The Labute approximate surface area is 120 Å². The van der Waals surface area contributed by atoms with Gasteiger partial charge in [-0.3, -0.25) is 4.79 Å². The van der Waals surface area contributed by atoms with E-state index in [9.17, 15) is 14.0 Å². The average molecular weight is 289 g/mol. The van der Waals surface area contributed by atoms with Gasteiger partial charge in [-0.15, -0.1) is 0 Å². The normalized spacial score (nSPS) is 9.95. The predicted molar refractivity (Wildman–Crippen MR) is 73.4 cm³/mol. The molecule has 6 heteroatoms. The number of nitrogens with one attached hydrogen (secondary N) is 1. The highest BCUT2D eigenvalue weighted by atomic mass is 19.1. The van der Waals surface area contributed by atoms with Crippen molar-refractivity contribution in [3.63, 3.8) is 0 Å². The van der Waals surface area contributed by atoms with Gasteiger partial charge < -0.3 is 15.2 Å². The van der Waals surface area contributed by atoms with Crippen molar-refractivity contribution in [1.29, 1.82) is 0 Å². The van der Waals surface area contributed by atoms with Gasteiger partial charge in [-0.1, -0.05) is 0 Å². The lowest BCUT2D eigenvalue weighted by atomic mass is 10.2. The van der Waals surface area contributed by atoms with E-state index in [1.165, 1.54) is 48.5 Å². The molecule has 0 fully saturated rings. The van der Waals surface area contributed by atoms with E-state index in [0.717, 1.165) is 0 Å². The summed E-state index contributed by atoms with van der Waals surface area (Å²) < 4.78 is 17.5. The van der Waals surface area contributed by atoms with E-state index in [1.807, 2.05) is 0 Å². The first-order valence-electron chi connectivity index (χ1n) is 6.06. The van der Waals surface area contributed by atoms with Crippen molar-refractivity contribution in [2.75, 3.05) is 11.9 Å². The summed E-state index contributed by atoms with van der Waals surface area (Å²) in [5, 5.41) is 11.6. The summed E-state index contributed by atoms with van der Waals surface area (Å²) in [6.45, 7) is -0.461. The minimum absolute atomic E-state index is 0.0283. The van der Waals surface area contributed by atoms with E-state index >= 15 is 0 Å². The van der Waals surface area contributed by atoms with Crippen LogP contribution in [-0.2, 0) is 9.53 Å². The Kier molecular flexibility index (Phi) is 4.50. The first-order valence-corrected chi connectivity index (χ1v) is 6.06. The van der Waals surface area contributed by atoms with Gasteiger partial charge >= 0.3 is 5.97 Å². The minimum atomic E-state index is -0.677. The van der Waals surface area contributed by atoms with E-state index < -0.39 is 24.3 Å². The fraction of sp³-hybridized carbons (Fsp3) is 0.0667. The summed E-state index contributed by atoms with van der Waals surface area (Å²) in [5.41, 5.74) is 0.629. The molecule has 0 saturated carbocycles. The first kappa shape index (κ1) is 14.5. The fourth-order valence-electron chi connectivity index (χ4n) is 1.54. The smallest absolute Gasteiger partial charge is 0.338 e. The molecule has 0 aliphatic heterocycles. The Morgan fingerprint density at radius 1 is 1.05 bits per heavy atom. The van der Waals surface area contributed by atoms with Crippen LogP contribution in [0.4, 0.5) is 10.1 Å². The Balaban J connectivity index is 1.84. The van der Waals surface area contributed by atoms with Crippen LogP contribution in [0, 0.1) is 5.82 Å². The number of aromatic hydroxyl groups is 1. The summed E-state index contributed by atoms with van der Waals surface area (Å²) in [6, 6.07) is 10.7. The fourth-order valence-corrected chi connectivity index (χ4v) is 1.54. The Morgan fingerprint density at radius 2 is 1.67 bits per heavy atom. The molecular weight excluding hydrogens is 277 g/mol. The summed E-state index contributed by atoms with van der Waals surface area (Å²) in [7, 11) is 0. The number of amides is 1. The van der Waals surface area contributed by atoms with Crippen molar-refractivity contribution in [2.24, 2.45) is 0 Å². The number of carbonyl (C=O) groups is 2. The second kappa shape index (κ2) is 6.51. The number of benzene rings is 2. The molecule has 0 heterocycles. The standard InChI is InChI=1S/C15H12FNO4/c16-11-3-5-12(6-4-11)17-14(19)9-21-15(20)10-1-7-13(18)8-2-10/h1-8,18H,9H2,(H,17,19). The maximum Gasteiger partial charge on any atom is 0.338 e. The molecule has 2 N–H and O–H groups in total. The van der Waals surface area contributed by atoms with Crippen LogP contribution in [-0.4, -0.2) is 23.6 Å². The molecule has 0 unspecified atom stereocenters. The number of esters is 1. The van der Waals surface area contributed by atoms with Gasteiger partial charge in [0.05, 0.1) is 5.56 Å². The number of halogens is 1. The van der Waals surface area contributed by atoms with Crippen molar-refractivity contribution >= 4 is 17.6 Å². The highest BCUT2D eigenvalue weighted by Gasteiger charge is 2.10. The maximum absolute atomic E-state index is 12.7. The molecule has 0 aliphatic carbocycles. The third-order valence-electron chi connectivity index (χ3n) is 2.57.